The van der Waals surface area contributed by atoms with Gasteiger partial charge in [0.1, 0.15) is 73.2 Å². The standard InChI is InChI=1S/C50H91NO18/c1-3-5-7-9-11-12-13-14-15-16-17-18-19-20-21-22-24-26-28-38(56)51-33(34(55)27-25-23-10-8-6-4-2)32-64-48-44(62)41(59)46(36(30-53)66-48)69-50-45(63)42(60)47(37(31-54)67-50)68-49-43(61)40(58)39(57)35(29-52)65-49/h15-16,25,27,33-37,39-50,52-55,57-63H,3-14,17-24,26,28-32H2,1-2H3,(H,51,56)/b16-15-,27-25+. The lowest BCUT2D eigenvalue weighted by Crippen LogP contribution is -2.66. The molecule has 1 amide bonds. The van der Waals surface area contributed by atoms with Crippen LogP contribution in [-0.2, 0) is 33.2 Å². The third-order valence-corrected chi connectivity index (χ3v) is 13.2. The lowest BCUT2D eigenvalue weighted by Gasteiger charge is -2.48. The van der Waals surface area contributed by atoms with Crippen LogP contribution in [0.4, 0.5) is 0 Å². The molecule has 69 heavy (non-hydrogen) atoms. The molecule has 0 radical (unpaired) electrons. The van der Waals surface area contributed by atoms with Crippen molar-refractivity contribution in [1.29, 1.82) is 0 Å². The molecule has 0 saturated carbocycles. The Kier molecular flexibility index (Phi) is 31.6. The Hall–Kier alpha value is -1.73. The molecule has 17 atom stereocenters. The molecule has 404 valence electrons. The van der Waals surface area contributed by atoms with Gasteiger partial charge < -0.3 is 89.9 Å². The number of allylic oxidation sites excluding steroid dienone is 3. The first kappa shape index (κ1) is 61.6. The average molecular weight is 994 g/mol. The summed E-state index contributed by atoms with van der Waals surface area (Å²) in [7, 11) is 0. The van der Waals surface area contributed by atoms with Gasteiger partial charge in [-0.1, -0.05) is 128 Å². The summed E-state index contributed by atoms with van der Waals surface area (Å²) in [6, 6.07) is -0.968. The largest absolute Gasteiger partial charge is 0.394 e. The normalized spacial score (nSPS) is 33.0. The summed E-state index contributed by atoms with van der Waals surface area (Å²) in [5.41, 5.74) is 0. The average Bonchev–Trinajstić information content (AvgIpc) is 3.34. The third kappa shape index (κ3) is 21.3. The molecule has 3 aliphatic rings. The van der Waals surface area contributed by atoms with Crippen LogP contribution in [0.2, 0.25) is 0 Å². The molecule has 19 nitrogen and oxygen atoms in total. The molecular weight excluding hydrogens is 903 g/mol. The Bertz CT molecular complexity index is 1380. The van der Waals surface area contributed by atoms with Gasteiger partial charge >= 0.3 is 0 Å². The number of carbonyl (C=O) groups excluding carboxylic acids is 1. The summed E-state index contributed by atoms with van der Waals surface area (Å²) in [5, 5.41) is 119. The first-order valence-corrected chi connectivity index (χ1v) is 26.1. The van der Waals surface area contributed by atoms with Crippen LogP contribution < -0.4 is 5.32 Å². The minimum absolute atomic E-state index is 0.238. The van der Waals surface area contributed by atoms with Gasteiger partial charge in [0.25, 0.3) is 0 Å². The van der Waals surface area contributed by atoms with Crippen LogP contribution >= 0.6 is 0 Å². The van der Waals surface area contributed by atoms with Crippen molar-refractivity contribution in [2.45, 2.75) is 259 Å². The summed E-state index contributed by atoms with van der Waals surface area (Å²) in [5.74, 6) is -0.288. The maximum absolute atomic E-state index is 13.2. The first-order valence-electron chi connectivity index (χ1n) is 26.1. The predicted octanol–water partition coefficient (Wildman–Crippen LogP) is 2.03. The number of ether oxygens (including phenoxy) is 6. The lowest BCUT2D eigenvalue weighted by atomic mass is 9.96. The highest BCUT2D eigenvalue weighted by atomic mass is 16.8. The van der Waals surface area contributed by atoms with E-state index in [2.05, 4.69) is 31.3 Å². The molecule has 17 unspecified atom stereocenters. The van der Waals surface area contributed by atoms with Crippen molar-refractivity contribution in [2.24, 2.45) is 0 Å². The van der Waals surface area contributed by atoms with Crippen molar-refractivity contribution in [1.82, 2.24) is 5.32 Å². The zero-order chi connectivity index (χ0) is 50.6. The van der Waals surface area contributed by atoms with Crippen molar-refractivity contribution < 1.29 is 89.4 Å². The van der Waals surface area contributed by atoms with Crippen LogP contribution in [0.3, 0.4) is 0 Å². The van der Waals surface area contributed by atoms with Crippen molar-refractivity contribution >= 4 is 5.91 Å². The lowest BCUT2D eigenvalue weighted by molar-refractivity contribution is -0.379. The van der Waals surface area contributed by atoms with E-state index >= 15 is 0 Å². The quantitative estimate of drug-likeness (QED) is 0.0316. The van der Waals surface area contributed by atoms with Crippen LogP contribution in [-0.4, -0.2) is 193 Å². The second-order valence-corrected chi connectivity index (χ2v) is 19.0. The Balaban J connectivity index is 1.49. The molecule has 3 fully saturated rings. The molecular formula is C50H91NO18. The van der Waals surface area contributed by atoms with Crippen LogP contribution in [0.15, 0.2) is 24.3 Å². The number of rotatable bonds is 36. The Labute approximate surface area is 409 Å². The summed E-state index contributed by atoms with van der Waals surface area (Å²) in [6.07, 6.45) is 5.16. The fraction of sp³-hybridized carbons (Fsp3) is 0.900. The van der Waals surface area contributed by atoms with E-state index in [1.165, 1.54) is 64.2 Å². The van der Waals surface area contributed by atoms with Crippen molar-refractivity contribution in [3.63, 3.8) is 0 Å². The highest BCUT2D eigenvalue weighted by molar-refractivity contribution is 5.76. The highest BCUT2D eigenvalue weighted by Crippen LogP contribution is 2.33. The van der Waals surface area contributed by atoms with Gasteiger partial charge in [-0.3, -0.25) is 4.79 Å². The van der Waals surface area contributed by atoms with E-state index in [4.69, 9.17) is 28.4 Å². The maximum Gasteiger partial charge on any atom is 0.220 e. The summed E-state index contributed by atoms with van der Waals surface area (Å²) in [4.78, 5) is 13.2. The number of amides is 1. The molecule has 0 bridgehead atoms. The molecule has 3 heterocycles. The molecule has 0 spiro atoms. The van der Waals surface area contributed by atoms with Gasteiger partial charge in [0.15, 0.2) is 18.9 Å². The van der Waals surface area contributed by atoms with E-state index in [0.717, 1.165) is 64.2 Å². The Morgan fingerprint density at radius 1 is 0.507 bits per heavy atom. The molecule has 3 saturated heterocycles. The van der Waals surface area contributed by atoms with E-state index in [-0.39, 0.29) is 18.9 Å². The second-order valence-electron chi connectivity index (χ2n) is 19.0. The molecule has 19 heteroatoms. The van der Waals surface area contributed by atoms with Gasteiger partial charge in [-0.15, -0.1) is 0 Å². The minimum Gasteiger partial charge on any atom is -0.394 e. The minimum atomic E-state index is -1.97. The van der Waals surface area contributed by atoms with E-state index in [1.807, 2.05) is 6.08 Å². The molecule has 12 N–H and O–H groups in total. The van der Waals surface area contributed by atoms with Gasteiger partial charge in [0.05, 0.1) is 38.6 Å². The van der Waals surface area contributed by atoms with Gasteiger partial charge in [-0.25, -0.2) is 0 Å². The molecule has 0 aromatic carbocycles. The first-order chi connectivity index (χ1) is 33.3. The number of aliphatic hydroxyl groups is 11. The summed E-state index contributed by atoms with van der Waals surface area (Å²) < 4.78 is 34.0. The molecule has 3 aliphatic heterocycles. The van der Waals surface area contributed by atoms with Crippen LogP contribution in [0.25, 0.3) is 0 Å². The molecule has 0 aromatic heterocycles. The van der Waals surface area contributed by atoms with Crippen LogP contribution in [0.1, 0.15) is 155 Å². The number of aliphatic hydroxyl groups excluding tert-OH is 11. The van der Waals surface area contributed by atoms with Crippen LogP contribution in [0.5, 0.6) is 0 Å². The number of carbonyl (C=O) groups is 1. The Morgan fingerprint density at radius 2 is 0.913 bits per heavy atom. The monoisotopic (exact) mass is 994 g/mol. The molecule has 3 rings (SSSR count). The van der Waals surface area contributed by atoms with E-state index in [0.29, 0.717) is 6.42 Å². The van der Waals surface area contributed by atoms with E-state index < -0.39 is 124 Å². The van der Waals surface area contributed by atoms with Crippen molar-refractivity contribution in [3.8, 4) is 0 Å². The van der Waals surface area contributed by atoms with Gasteiger partial charge in [-0.05, 0) is 44.9 Å². The maximum atomic E-state index is 13.2. The number of hydrogen-bond donors (Lipinski definition) is 12. The topological polar surface area (TPSA) is 307 Å². The second kappa shape index (κ2) is 35.4. The molecule has 0 aromatic rings. The van der Waals surface area contributed by atoms with Crippen LogP contribution in [0, 0.1) is 0 Å². The smallest absolute Gasteiger partial charge is 0.220 e. The fourth-order valence-electron chi connectivity index (χ4n) is 8.83. The predicted molar refractivity (Wildman–Crippen MR) is 254 cm³/mol. The van der Waals surface area contributed by atoms with Crippen molar-refractivity contribution in [3.05, 3.63) is 24.3 Å². The van der Waals surface area contributed by atoms with Crippen molar-refractivity contribution in [2.75, 3.05) is 26.4 Å². The fourth-order valence-corrected chi connectivity index (χ4v) is 8.83. The zero-order valence-corrected chi connectivity index (χ0v) is 41.3. The number of hydrogen-bond acceptors (Lipinski definition) is 18. The summed E-state index contributed by atoms with van der Waals surface area (Å²) in [6.45, 7) is 1.59. The molecule has 0 aliphatic carbocycles. The van der Waals surface area contributed by atoms with Gasteiger partial charge in [0.2, 0.25) is 5.91 Å². The Morgan fingerprint density at radius 3 is 1.42 bits per heavy atom. The third-order valence-electron chi connectivity index (χ3n) is 13.2. The number of unbranched alkanes of at least 4 members (excludes halogenated alkanes) is 18. The SMILES string of the molecule is CCCCCC/C=C/C(O)C(COC1OC(CO)C(OC2OC(CO)C(OC3OC(CO)C(O)C(O)C3O)C(O)C2O)C(O)C1O)NC(=O)CCCCCCCCC/C=C\CCCCCCCCC. The highest BCUT2D eigenvalue weighted by Gasteiger charge is 2.53. The van der Waals surface area contributed by atoms with E-state index in [9.17, 15) is 61.0 Å². The van der Waals surface area contributed by atoms with E-state index in [1.54, 1.807) is 6.08 Å². The summed E-state index contributed by atoms with van der Waals surface area (Å²) >= 11 is 0. The zero-order valence-electron chi connectivity index (χ0n) is 41.3. The van der Waals surface area contributed by atoms with Gasteiger partial charge in [0, 0.05) is 6.42 Å². The van der Waals surface area contributed by atoms with Gasteiger partial charge in [-0.2, -0.15) is 0 Å². The number of nitrogens with one attached hydrogen (secondary N) is 1.